The summed E-state index contributed by atoms with van der Waals surface area (Å²) in [5.41, 5.74) is 3.26. The molecule has 0 spiro atoms. The lowest BCUT2D eigenvalue weighted by Gasteiger charge is -2.23. The van der Waals surface area contributed by atoms with E-state index in [4.69, 9.17) is 0 Å². The Morgan fingerprint density at radius 1 is 0.879 bits per heavy atom. The Balaban J connectivity index is 1.61. The molecule has 176 valence electrons. The van der Waals surface area contributed by atoms with Gasteiger partial charge < -0.3 is 15.5 Å². The molecule has 0 bridgehead atoms. The smallest absolute Gasteiger partial charge is 0.240 e. The molecule has 1 aliphatic carbocycles. The zero-order valence-electron chi connectivity index (χ0n) is 19.1. The zero-order valence-corrected chi connectivity index (χ0v) is 20.0. The van der Waals surface area contributed by atoms with Gasteiger partial charge in [-0.2, -0.15) is 0 Å². The molecule has 2 aromatic rings. The van der Waals surface area contributed by atoms with Crippen LogP contribution in [0, 0.1) is 13.8 Å². The predicted octanol–water partition coefficient (Wildman–Crippen LogP) is 3.08. The molecule has 0 saturated heterocycles. The first-order valence-electron chi connectivity index (χ1n) is 11.2. The van der Waals surface area contributed by atoms with Crippen molar-refractivity contribution in [3.63, 3.8) is 0 Å². The molecule has 2 N–H and O–H groups in total. The van der Waals surface area contributed by atoms with Crippen molar-refractivity contribution in [3.8, 4) is 0 Å². The molecule has 2 aromatic carbocycles. The Labute approximate surface area is 197 Å². The number of aryl methyl sites for hydroxylation is 2. The number of carbonyl (C=O) groups is 3. The van der Waals surface area contributed by atoms with Gasteiger partial charge in [0.1, 0.15) is 18.1 Å². The molecule has 0 aromatic heterocycles. The van der Waals surface area contributed by atoms with Gasteiger partial charge in [0, 0.05) is 28.2 Å². The van der Waals surface area contributed by atoms with Gasteiger partial charge in [0.05, 0.1) is 0 Å². The third-order valence-corrected chi connectivity index (χ3v) is 6.73. The number of amides is 3. The van der Waals surface area contributed by atoms with Crippen LogP contribution in [-0.4, -0.2) is 46.0 Å². The van der Waals surface area contributed by atoms with Crippen LogP contribution in [0.25, 0.3) is 0 Å². The first kappa shape index (κ1) is 24.6. The van der Waals surface area contributed by atoms with Crippen LogP contribution in [0.3, 0.4) is 0 Å². The molecule has 1 saturated carbocycles. The summed E-state index contributed by atoms with van der Waals surface area (Å²) < 4.78 is 12.6. The van der Waals surface area contributed by atoms with Crippen LogP contribution in [0.2, 0.25) is 0 Å². The Bertz CT molecular complexity index is 999. The number of nitrogens with one attached hydrogen (secondary N) is 2. The van der Waals surface area contributed by atoms with Gasteiger partial charge in [-0.3, -0.25) is 18.6 Å². The summed E-state index contributed by atoms with van der Waals surface area (Å²) in [5.74, 6) is -1.76. The normalized spacial score (nSPS) is 14.5. The van der Waals surface area contributed by atoms with Gasteiger partial charge in [-0.25, -0.2) is 0 Å². The Morgan fingerprint density at radius 2 is 1.45 bits per heavy atom. The van der Waals surface area contributed by atoms with Crippen LogP contribution in [0.15, 0.2) is 48.5 Å². The molecule has 1 atom stereocenters. The number of carbonyl (C=O) groups excluding carboxylic acids is 3. The highest BCUT2D eigenvalue weighted by Crippen LogP contribution is 2.19. The lowest BCUT2D eigenvalue weighted by molar-refractivity contribution is -0.123. The predicted molar refractivity (Wildman–Crippen MR) is 132 cm³/mol. The van der Waals surface area contributed by atoms with Gasteiger partial charge in [-0.05, 0) is 51.0 Å². The van der Waals surface area contributed by atoms with E-state index in [1.807, 2.05) is 38.1 Å². The standard InChI is InChI=1S/C25H31N3O4S/c1-18-7-11-21(12-8-18)27-24(30)16-33(32)17-25(31)28(22-13-9-19(2)10-14-22)15-23(29)26-20-5-3-4-6-20/h7-14,20H,3-6,15-17H2,1-2H3,(H,26,29)(H,27,30). The number of anilines is 2. The summed E-state index contributed by atoms with van der Waals surface area (Å²) in [6.07, 6.45) is 4.08. The van der Waals surface area contributed by atoms with Gasteiger partial charge in [-0.1, -0.05) is 48.2 Å². The van der Waals surface area contributed by atoms with E-state index in [0.29, 0.717) is 11.4 Å². The van der Waals surface area contributed by atoms with E-state index < -0.39 is 22.6 Å². The molecule has 3 rings (SSSR count). The monoisotopic (exact) mass is 469 g/mol. The molecule has 0 heterocycles. The van der Waals surface area contributed by atoms with Crippen molar-refractivity contribution in [3.05, 3.63) is 59.7 Å². The molecule has 7 nitrogen and oxygen atoms in total. The van der Waals surface area contributed by atoms with E-state index in [-0.39, 0.29) is 30.0 Å². The Hall–Kier alpha value is -3.00. The number of hydrogen-bond acceptors (Lipinski definition) is 4. The second-order valence-corrected chi connectivity index (χ2v) is 9.96. The second kappa shape index (κ2) is 11.7. The topological polar surface area (TPSA) is 95.6 Å². The molecule has 8 heteroatoms. The van der Waals surface area contributed by atoms with Crippen LogP contribution < -0.4 is 15.5 Å². The first-order chi connectivity index (χ1) is 15.8. The third kappa shape index (κ3) is 7.82. The van der Waals surface area contributed by atoms with Crippen LogP contribution in [0.4, 0.5) is 11.4 Å². The SMILES string of the molecule is Cc1ccc(NC(=O)CS(=O)CC(=O)N(CC(=O)NC2CCCC2)c2ccc(C)cc2)cc1. The molecule has 3 amide bonds. The van der Waals surface area contributed by atoms with Gasteiger partial charge in [0.15, 0.2) is 0 Å². The van der Waals surface area contributed by atoms with Crippen molar-refractivity contribution >= 4 is 39.9 Å². The van der Waals surface area contributed by atoms with Gasteiger partial charge in [0.25, 0.3) is 0 Å². The first-order valence-corrected chi connectivity index (χ1v) is 12.7. The molecule has 1 aliphatic rings. The van der Waals surface area contributed by atoms with Crippen molar-refractivity contribution in [1.29, 1.82) is 0 Å². The number of nitrogens with zero attached hydrogens (tertiary/aromatic N) is 1. The fourth-order valence-corrected chi connectivity index (χ4v) is 4.68. The molecule has 1 fully saturated rings. The Kier molecular flexibility index (Phi) is 8.77. The molecule has 0 aliphatic heterocycles. The highest BCUT2D eigenvalue weighted by molar-refractivity contribution is 7.86. The van der Waals surface area contributed by atoms with Crippen LogP contribution >= 0.6 is 0 Å². The fourth-order valence-electron chi connectivity index (χ4n) is 3.78. The van der Waals surface area contributed by atoms with Crippen LogP contribution in [0.1, 0.15) is 36.8 Å². The lowest BCUT2D eigenvalue weighted by atomic mass is 10.2. The maximum atomic E-state index is 13.0. The van der Waals surface area contributed by atoms with Crippen molar-refractivity contribution < 1.29 is 18.6 Å². The van der Waals surface area contributed by atoms with E-state index in [2.05, 4.69) is 10.6 Å². The zero-order chi connectivity index (χ0) is 23.8. The van der Waals surface area contributed by atoms with Crippen molar-refractivity contribution in [2.24, 2.45) is 0 Å². The van der Waals surface area contributed by atoms with Crippen LogP contribution in [0.5, 0.6) is 0 Å². The minimum Gasteiger partial charge on any atom is -0.352 e. The summed E-state index contributed by atoms with van der Waals surface area (Å²) in [5, 5.41) is 5.68. The highest BCUT2D eigenvalue weighted by atomic mass is 32.2. The van der Waals surface area contributed by atoms with Gasteiger partial charge in [0.2, 0.25) is 17.7 Å². The minimum atomic E-state index is -1.71. The molecular weight excluding hydrogens is 438 g/mol. The van der Waals surface area contributed by atoms with Gasteiger partial charge in [-0.15, -0.1) is 0 Å². The summed E-state index contributed by atoms with van der Waals surface area (Å²) >= 11 is 0. The molecule has 1 unspecified atom stereocenters. The quantitative estimate of drug-likeness (QED) is 0.590. The fraction of sp³-hybridized carbons (Fsp3) is 0.400. The summed E-state index contributed by atoms with van der Waals surface area (Å²) in [6, 6.07) is 14.7. The average Bonchev–Trinajstić information content (AvgIpc) is 3.27. The van der Waals surface area contributed by atoms with Crippen molar-refractivity contribution in [1.82, 2.24) is 5.32 Å². The number of hydrogen-bond donors (Lipinski definition) is 2. The van der Waals surface area contributed by atoms with Crippen molar-refractivity contribution in [2.45, 2.75) is 45.6 Å². The van der Waals surface area contributed by atoms with E-state index in [1.165, 1.54) is 4.90 Å². The number of rotatable bonds is 9. The van der Waals surface area contributed by atoms with E-state index in [0.717, 1.165) is 36.8 Å². The largest absolute Gasteiger partial charge is 0.352 e. The summed E-state index contributed by atoms with van der Waals surface area (Å²) in [6.45, 7) is 3.73. The molecule has 33 heavy (non-hydrogen) atoms. The third-order valence-electron chi connectivity index (χ3n) is 5.58. The maximum Gasteiger partial charge on any atom is 0.240 e. The minimum absolute atomic E-state index is 0.145. The van der Waals surface area contributed by atoms with E-state index in [9.17, 15) is 18.6 Å². The molecule has 0 radical (unpaired) electrons. The van der Waals surface area contributed by atoms with Crippen LogP contribution in [-0.2, 0) is 25.2 Å². The second-order valence-electron chi connectivity index (χ2n) is 8.51. The highest BCUT2D eigenvalue weighted by Gasteiger charge is 2.24. The maximum absolute atomic E-state index is 13.0. The summed E-state index contributed by atoms with van der Waals surface area (Å²) in [7, 11) is -1.71. The van der Waals surface area contributed by atoms with E-state index >= 15 is 0 Å². The summed E-state index contributed by atoms with van der Waals surface area (Å²) in [4.78, 5) is 39.2. The van der Waals surface area contributed by atoms with E-state index in [1.54, 1.807) is 24.3 Å². The molecular formula is C25H31N3O4S. The average molecular weight is 470 g/mol. The van der Waals surface area contributed by atoms with Crippen molar-refractivity contribution in [2.75, 3.05) is 28.3 Å². The number of benzene rings is 2. The Morgan fingerprint density at radius 3 is 2.06 bits per heavy atom. The lowest BCUT2D eigenvalue weighted by Crippen LogP contribution is -2.45. The van der Waals surface area contributed by atoms with Gasteiger partial charge >= 0.3 is 0 Å².